The molecule has 20 heavy (non-hydrogen) atoms. The molecular formula is C17H16O3. The SMILES string of the molecule is Cc1cccc2c1OC(c1ccc(C(=O)O)cc1)CC2. The Morgan fingerprint density at radius 3 is 2.65 bits per heavy atom. The number of ether oxygens (including phenoxy) is 1. The minimum Gasteiger partial charge on any atom is -0.485 e. The summed E-state index contributed by atoms with van der Waals surface area (Å²) in [6, 6.07) is 13.2. The summed E-state index contributed by atoms with van der Waals surface area (Å²) in [6.45, 7) is 2.05. The summed E-state index contributed by atoms with van der Waals surface area (Å²) in [7, 11) is 0. The quantitative estimate of drug-likeness (QED) is 0.902. The van der Waals surface area contributed by atoms with Gasteiger partial charge < -0.3 is 9.84 Å². The Morgan fingerprint density at radius 2 is 1.95 bits per heavy atom. The Kier molecular flexibility index (Phi) is 3.18. The van der Waals surface area contributed by atoms with Crippen LogP contribution in [0.25, 0.3) is 0 Å². The maximum Gasteiger partial charge on any atom is 0.335 e. The van der Waals surface area contributed by atoms with E-state index in [1.165, 1.54) is 5.56 Å². The number of rotatable bonds is 2. The summed E-state index contributed by atoms with van der Waals surface area (Å²) in [6.07, 6.45) is 1.91. The molecule has 0 saturated heterocycles. The van der Waals surface area contributed by atoms with Crippen LogP contribution in [0.2, 0.25) is 0 Å². The van der Waals surface area contributed by atoms with Crippen molar-refractivity contribution in [1.29, 1.82) is 0 Å². The molecule has 0 bridgehead atoms. The number of carboxylic acids is 1. The zero-order valence-electron chi connectivity index (χ0n) is 11.3. The van der Waals surface area contributed by atoms with Gasteiger partial charge in [-0.15, -0.1) is 0 Å². The van der Waals surface area contributed by atoms with E-state index in [4.69, 9.17) is 9.84 Å². The van der Waals surface area contributed by atoms with E-state index in [2.05, 4.69) is 25.1 Å². The lowest BCUT2D eigenvalue weighted by Gasteiger charge is -2.27. The summed E-state index contributed by atoms with van der Waals surface area (Å²) in [5.41, 5.74) is 3.74. The van der Waals surface area contributed by atoms with Crippen molar-refractivity contribution in [2.75, 3.05) is 0 Å². The lowest BCUT2D eigenvalue weighted by molar-refractivity contribution is 0.0696. The molecule has 2 aromatic carbocycles. The smallest absolute Gasteiger partial charge is 0.335 e. The first-order valence-electron chi connectivity index (χ1n) is 6.73. The molecule has 3 rings (SSSR count). The van der Waals surface area contributed by atoms with Gasteiger partial charge in [-0.05, 0) is 48.6 Å². The zero-order chi connectivity index (χ0) is 14.1. The average molecular weight is 268 g/mol. The first-order valence-corrected chi connectivity index (χ1v) is 6.73. The molecule has 3 nitrogen and oxygen atoms in total. The molecule has 0 fully saturated rings. The molecule has 1 atom stereocenters. The number of aryl methyl sites for hydroxylation is 2. The molecule has 0 saturated carbocycles. The summed E-state index contributed by atoms with van der Waals surface area (Å²) in [5.74, 6) is 0.0772. The van der Waals surface area contributed by atoms with Crippen molar-refractivity contribution in [1.82, 2.24) is 0 Å². The lowest BCUT2D eigenvalue weighted by Crippen LogP contribution is -2.16. The van der Waals surface area contributed by atoms with Crippen molar-refractivity contribution in [3.05, 3.63) is 64.7 Å². The molecule has 0 aromatic heterocycles. The largest absolute Gasteiger partial charge is 0.485 e. The van der Waals surface area contributed by atoms with Crippen LogP contribution < -0.4 is 4.74 Å². The maximum absolute atomic E-state index is 10.9. The molecular weight excluding hydrogens is 252 g/mol. The Labute approximate surface area is 117 Å². The van der Waals surface area contributed by atoms with Crippen LogP contribution in [0.5, 0.6) is 5.75 Å². The van der Waals surface area contributed by atoms with Crippen molar-refractivity contribution in [2.24, 2.45) is 0 Å². The molecule has 0 radical (unpaired) electrons. The number of benzene rings is 2. The van der Waals surface area contributed by atoms with Gasteiger partial charge in [0.05, 0.1) is 5.56 Å². The second kappa shape index (κ2) is 5.00. The topological polar surface area (TPSA) is 46.5 Å². The Bertz CT molecular complexity index is 644. The minimum absolute atomic E-state index is 0.00597. The van der Waals surface area contributed by atoms with Gasteiger partial charge in [-0.1, -0.05) is 30.3 Å². The van der Waals surface area contributed by atoms with Crippen LogP contribution in [-0.2, 0) is 6.42 Å². The molecule has 0 aliphatic carbocycles. The van der Waals surface area contributed by atoms with E-state index in [-0.39, 0.29) is 6.10 Å². The van der Waals surface area contributed by atoms with Crippen molar-refractivity contribution >= 4 is 5.97 Å². The first-order chi connectivity index (χ1) is 9.65. The van der Waals surface area contributed by atoms with Crippen LogP contribution >= 0.6 is 0 Å². The van der Waals surface area contributed by atoms with Gasteiger partial charge in [0.15, 0.2) is 0 Å². The fraction of sp³-hybridized carbons (Fsp3) is 0.235. The number of hydrogen-bond donors (Lipinski definition) is 1. The summed E-state index contributed by atoms with van der Waals surface area (Å²) >= 11 is 0. The molecule has 1 heterocycles. The van der Waals surface area contributed by atoms with Gasteiger partial charge in [-0.3, -0.25) is 0 Å². The highest BCUT2D eigenvalue weighted by molar-refractivity contribution is 5.87. The number of fused-ring (bicyclic) bond motifs is 1. The van der Waals surface area contributed by atoms with Gasteiger partial charge >= 0.3 is 5.97 Å². The fourth-order valence-electron chi connectivity index (χ4n) is 2.64. The van der Waals surface area contributed by atoms with E-state index in [0.29, 0.717) is 5.56 Å². The summed E-state index contributed by atoms with van der Waals surface area (Å²) < 4.78 is 6.10. The van der Waals surface area contributed by atoms with Gasteiger partial charge in [0.1, 0.15) is 11.9 Å². The maximum atomic E-state index is 10.9. The molecule has 1 N–H and O–H groups in total. The second-order valence-electron chi connectivity index (χ2n) is 5.14. The fourth-order valence-corrected chi connectivity index (χ4v) is 2.64. The highest BCUT2D eigenvalue weighted by atomic mass is 16.5. The second-order valence-corrected chi connectivity index (χ2v) is 5.14. The molecule has 102 valence electrons. The molecule has 0 amide bonds. The van der Waals surface area contributed by atoms with E-state index in [9.17, 15) is 4.79 Å². The van der Waals surface area contributed by atoms with Crippen molar-refractivity contribution in [2.45, 2.75) is 25.9 Å². The number of carboxylic acid groups (broad SMARTS) is 1. The molecule has 3 heteroatoms. The lowest BCUT2D eigenvalue weighted by atomic mass is 9.95. The number of carbonyl (C=O) groups is 1. The third kappa shape index (κ3) is 2.27. The molecule has 0 spiro atoms. The minimum atomic E-state index is -0.901. The highest BCUT2D eigenvalue weighted by Gasteiger charge is 2.22. The van der Waals surface area contributed by atoms with Gasteiger partial charge in [0.2, 0.25) is 0 Å². The molecule has 1 aliphatic rings. The summed E-state index contributed by atoms with van der Waals surface area (Å²) in [5, 5.41) is 8.92. The van der Waals surface area contributed by atoms with Crippen LogP contribution in [0.4, 0.5) is 0 Å². The van der Waals surface area contributed by atoms with Crippen LogP contribution in [0, 0.1) is 6.92 Å². The third-order valence-electron chi connectivity index (χ3n) is 3.76. The van der Waals surface area contributed by atoms with Gasteiger partial charge in [-0.25, -0.2) is 4.79 Å². The van der Waals surface area contributed by atoms with Crippen molar-refractivity contribution in [3.63, 3.8) is 0 Å². The highest BCUT2D eigenvalue weighted by Crippen LogP contribution is 2.36. The van der Waals surface area contributed by atoms with Crippen molar-refractivity contribution in [3.8, 4) is 5.75 Å². The molecule has 1 unspecified atom stereocenters. The van der Waals surface area contributed by atoms with Crippen LogP contribution in [0.1, 0.15) is 39.6 Å². The Balaban J connectivity index is 1.86. The third-order valence-corrected chi connectivity index (χ3v) is 3.76. The molecule has 1 aliphatic heterocycles. The van der Waals surface area contributed by atoms with Gasteiger partial charge in [0.25, 0.3) is 0 Å². The van der Waals surface area contributed by atoms with Gasteiger partial charge in [0, 0.05) is 0 Å². The number of aromatic carboxylic acids is 1. The van der Waals surface area contributed by atoms with Crippen molar-refractivity contribution < 1.29 is 14.6 Å². The standard InChI is InChI=1S/C17H16O3/c1-11-3-2-4-13-9-10-15(20-16(11)13)12-5-7-14(8-6-12)17(18)19/h2-8,15H,9-10H2,1H3,(H,18,19). The Hall–Kier alpha value is -2.29. The van der Waals surface area contributed by atoms with Crippen LogP contribution in [0.15, 0.2) is 42.5 Å². The van der Waals surface area contributed by atoms with E-state index < -0.39 is 5.97 Å². The monoisotopic (exact) mass is 268 g/mol. The number of hydrogen-bond acceptors (Lipinski definition) is 2. The van der Waals surface area contributed by atoms with Crippen LogP contribution in [0.3, 0.4) is 0 Å². The Morgan fingerprint density at radius 1 is 1.20 bits per heavy atom. The van der Waals surface area contributed by atoms with Gasteiger partial charge in [-0.2, -0.15) is 0 Å². The van der Waals surface area contributed by atoms with E-state index in [1.54, 1.807) is 12.1 Å². The number of para-hydroxylation sites is 1. The predicted octanol–water partition coefficient (Wildman–Crippen LogP) is 3.76. The summed E-state index contributed by atoms with van der Waals surface area (Å²) in [4.78, 5) is 10.9. The average Bonchev–Trinajstić information content (AvgIpc) is 2.47. The zero-order valence-corrected chi connectivity index (χ0v) is 11.3. The molecule has 2 aromatic rings. The van der Waals surface area contributed by atoms with Crippen LogP contribution in [-0.4, -0.2) is 11.1 Å². The van der Waals surface area contributed by atoms with E-state index in [0.717, 1.165) is 29.7 Å². The normalized spacial score (nSPS) is 17.1. The first kappa shape index (κ1) is 12.7. The predicted molar refractivity (Wildman–Crippen MR) is 76.3 cm³/mol. The van der Waals surface area contributed by atoms with E-state index in [1.807, 2.05) is 12.1 Å². The van der Waals surface area contributed by atoms with E-state index >= 15 is 0 Å².